The van der Waals surface area contributed by atoms with Crippen LogP contribution in [0.4, 0.5) is 22.7 Å². The molecule has 2 aliphatic rings. The SMILES string of the molecule is Cc1cc(C)cc(N2C=C(c3c(C)cccc3C)N(c3[c-]c(Oc4[c-]c5c(cc4)c4ccccc4n5-c4cc(C(C)(C)C)ccn4)ccc3)[CH-]2)c1.Cc1cccc(N2[CH-]N(c3[c-]c(Oc4[c-]c5c(cc4)c4ccccc4n5-c4cc(C(C)(C)C)ccn4)cc(C(C)(C)C)c3)C=C2c2c(C)cccc2C)c1.[Pt].[Pt]. The van der Waals surface area contributed by atoms with Crippen LogP contribution in [0.1, 0.15) is 129 Å². The van der Waals surface area contributed by atoms with Crippen LogP contribution in [0.2, 0.25) is 0 Å². The second-order valence-corrected chi connectivity index (χ2v) is 31.2. The molecular weight excluding hydrogens is 1680 g/mol. The number of para-hydroxylation sites is 2. The average molecular weight is 1760 g/mol. The molecule has 0 spiro atoms. The van der Waals surface area contributed by atoms with Gasteiger partial charge in [0, 0.05) is 122 Å². The molecule has 10 nitrogen and oxygen atoms in total. The maximum Gasteiger partial charge on any atom is 0.135 e. The Bertz CT molecular complexity index is 5720. The van der Waals surface area contributed by atoms with Gasteiger partial charge in [-0.25, -0.2) is 9.97 Å². The zero-order valence-corrected chi connectivity index (χ0v) is 68.2. The number of aryl methyl sites for hydroxylation is 7. The summed E-state index contributed by atoms with van der Waals surface area (Å²) in [6.07, 6.45) is 8.24. The Balaban J connectivity index is 0.000000186. The summed E-state index contributed by atoms with van der Waals surface area (Å²) < 4.78 is 17.7. The van der Waals surface area contributed by atoms with Crippen molar-refractivity contribution in [2.45, 2.75) is 127 Å². The third-order valence-electron chi connectivity index (χ3n) is 20.0. The Morgan fingerprint density at radius 2 is 0.794 bits per heavy atom. The predicted octanol–water partition coefficient (Wildman–Crippen LogP) is 24.1. The van der Waals surface area contributed by atoms with Crippen LogP contribution in [-0.2, 0) is 58.4 Å². The second kappa shape index (κ2) is 29.8. The van der Waals surface area contributed by atoms with Crippen LogP contribution >= 0.6 is 0 Å². The molecule has 0 bridgehead atoms. The zero-order chi connectivity index (χ0) is 73.4. The van der Waals surface area contributed by atoms with Gasteiger partial charge < -0.3 is 38.2 Å². The van der Waals surface area contributed by atoms with Crippen molar-refractivity contribution in [2.24, 2.45) is 0 Å². The molecule has 0 unspecified atom stereocenters. The van der Waals surface area contributed by atoms with E-state index in [0.29, 0.717) is 23.0 Å². The molecule has 0 radical (unpaired) electrons. The second-order valence-electron chi connectivity index (χ2n) is 31.2. The van der Waals surface area contributed by atoms with Crippen LogP contribution in [0.25, 0.3) is 66.6 Å². The van der Waals surface area contributed by atoms with Gasteiger partial charge >= 0.3 is 0 Å². The first-order valence-corrected chi connectivity index (χ1v) is 36.2. The minimum atomic E-state index is -0.138. The Labute approximate surface area is 660 Å². The fourth-order valence-corrected chi connectivity index (χ4v) is 14.6. The Hall–Kier alpha value is -10.2. The first-order chi connectivity index (χ1) is 50.3. The molecule has 0 atom stereocenters. The molecule has 2 aliphatic heterocycles. The molecule has 0 saturated heterocycles. The maximum absolute atomic E-state index is 6.74. The summed E-state index contributed by atoms with van der Waals surface area (Å²) in [5, 5.41) is 4.49. The first-order valence-electron chi connectivity index (χ1n) is 36.2. The van der Waals surface area contributed by atoms with Crippen molar-refractivity contribution in [2.75, 3.05) is 19.6 Å². The van der Waals surface area contributed by atoms with Crippen LogP contribution < -0.4 is 29.1 Å². The number of anilines is 4. The minimum Gasteiger partial charge on any atom is -0.509 e. The number of fused-ring (bicyclic) bond motifs is 6. The van der Waals surface area contributed by atoms with Crippen molar-refractivity contribution in [1.29, 1.82) is 0 Å². The smallest absolute Gasteiger partial charge is 0.135 e. The number of benzene rings is 10. The summed E-state index contributed by atoms with van der Waals surface area (Å²) in [5.74, 6) is 4.19. The molecule has 12 heteroatoms. The number of aromatic nitrogens is 4. The van der Waals surface area contributed by atoms with E-state index in [1.54, 1.807) is 0 Å². The van der Waals surface area contributed by atoms with Gasteiger partial charge in [-0.3, -0.25) is 0 Å². The summed E-state index contributed by atoms with van der Waals surface area (Å²) in [6.45, 7) is 39.5. The molecule has 546 valence electrons. The van der Waals surface area contributed by atoms with E-state index in [-0.39, 0.29) is 58.4 Å². The van der Waals surface area contributed by atoms with Gasteiger partial charge in [0.15, 0.2) is 0 Å². The number of hydrogen-bond acceptors (Lipinski definition) is 8. The summed E-state index contributed by atoms with van der Waals surface area (Å²) in [5.41, 5.74) is 24.6. The molecule has 0 fully saturated rings. The van der Waals surface area contributed by atoms with Gasteiger partial charge in [-0.15, -0.1) is 102 Å². The molecule has 0 saturated carbocycles. The first kappa shape index (κ1) is 75.0. The largest absolute Gasteiger partial charge is 0.509 e. The van der Waals surface area contributed by atoms with Crippen molar-refractivity contribution >= 4 is 77.8 Å². The molecule has 0 N–H and O–H groups in total. The van der Waals surface area contributed by atoms with E-state index in [4.69, 9.17) is 19.4 Å². The monoisotopic (exact) mass is 1760 g/mol. The fourth-order valence-electron chi connectivity index (χ4n) is 14.6. The van der Waals surface area contributed by atoms with Gasteiger partial charge in [0.1, 0.15) is 11.6 Å². The van der Waals surface area contributed by atoms with E-state index in [9.17, 15) is 0 Å². The average Bonchev–Trinajstić information content (AvgIpc) is 1.61. The summed E-state index contributed by atoms with van der Waals surface area (Å²) in [6, 6.07) is 86.8. The summed E-state index contributed by atoms with van der Waals surface area (Å²) >= 11 is 0. The quantitative estimate of drug-likeness (QED) is 0.112. The number of rotatable bonds is 12. The fraction of sp³-hybridized carbons (Fsp3) is 0.200. The third kappa shape index (κ3) is 15.1. The van der Waals surface area contributed by atoms with E-state index < -0.39 is 0 Å². The molecule has 16 rings (SSSR count). The van der Waals surface area contributed by atoms with Gasteiger partial charge in [-0.1, -0.05) is 164 Å². The van der Waals surface area contributed by atoms with Gasteiger partial charge in [-0.2, -0.15) is 18.2 Å². The third-order valence-corrected chi connectivity index (χ3v) is 20.0. The minimum absolute atomic E-state index is 0. The summed E-state index contributed by atoms with van der Waals surface area (Å²) in [4.78, 5) is 18.5. The molecule has 14 aromatic rings. The summed E-state index contributed by atoms with van der Waals surface area (Å²) in [7, 11) is 0. The van der Waals surface area contributed by atoms with E-state index in [2.05, 4.69) is 372 Å². The number of nitrogens with zero attached hydrogens (tertiary/aromatic N) is 8. The van der Waals surface area contributed by atoms with E-state index in [1.165, 1.54) is 61.2 Å². The van der Waals surface area contributed by atoms with Gasteiger partial charge in [0.05, 0.1) is 0 Å². The van der Waals surface area contributed by atoms with Crippen molar-refractivity contribution in [3.8, 4) is 34.6 Å². The Morgan fingerprint density at radius 3 is 1.32 bits per heavy atom. The Kier molecular flexibility index (Phi) is 20.9. The predicted molar refractivity (Wildman–Crippen MR) is 435 cm³/mol. The molecule has 0 aliphatic carbocycles. The van der Waals surface area contributed by atoms with Crippen LogP contribution in [0.15, 0.2) is 231 Å². The molecule has 0 amide bonds. The van der Waals surface area contributed by atoms with Gasteiger partial charge in [0.25, 0.3) is 0 Å². The zero-order valence-electron chi connectivity index (χ0n) is 63.6. The standard InChI is InChI=1S/C49H47N4O.C46H41N4O.2Pt/c1-32-14-12-17-37(24-32)52-31-51(30-45(52)47-33(2)15-13-16-34(47)3)38-25-36(49(7,8)9)26-40(28-38)54-39-20-21-42-41-18-10-11-19-43(41)53(44(42)29-39)46-27-35(22-23-50-46)48(4,5)6;1-30-22-31(2)24-36(23-30)48-28-43(45-32(3)12-10-13-33(45)4)49(29-48)35-14-11-15-37(26-35)51-38-18-19-40-39-16-8-9-17-41(39)50(42(40)27-38)44-25-34(20-21-47-44)46(5,6)7;;/h10-27,30-31H,1-9H3;8-25,28-29H,1-7H3;;/q2*-3;;. The van der Waals surface area contributed by atoms with Crippen molar-refractivity contribution < 1.29 is 51.6 Å². The van der Waals surface area contributed by atoms with Gasteiger partial charge in [-0.05, 0) is 199 Å². The van der Waals surface area contributed by atoms with Crippen LogP contribution in [-0.4, -0.2) is 19.1 Å². The molecule has 10 aromatic carbocycles. The van der Waals surface area contributed by atoms with Crippen LogP contribution in [0, 0.1) is 86.1 Å². The number of hydrogen-bond donors (Lipinski definition) is 0. The van der Waals surface area contributed by atoms with Gasteiger partial charge in [0.2, 0.25) is 0 Å². The van der Waals surface area contributed by atoms with E-state index >= 15 is 0 Å². The van der Waals surface area contributed by atoms with Crippen molar-refractivity contribution in [3.05, 3.63) is 335 Å². The Morgan fingerprint density at radius 1 is 0.346 bits per heavy atom. The number of ether oxygens (including phenoxy) is 2. The van der Waals surface area contributed by atoms with Crippen LogP contribution in [0.5, 0.6) is 23.0 Å². The number of pyridine rings is 2. The van der Waals surface area contributed by atoms with Crippen molar-refractivity contribution in [3.63, 3.8) is 0 Å². The van der Waals surface area contributed by atoms with E-state index in [0.717, 1.165) is 95.0 Å². The van der Waals surface area contributed by atoms with Crippen LogP contribution in [0.3, 0.4) is 0 Å². The van der Waals surface area contributed by atoms with E-state index in [1.807, 2.05) is 36.7 Å². The topological polar surface area (TPSA) is 67.1 Å². The van der Waals surface area contributed by atoms with Crippen molar-refractivity contribution in [1.82, 2.24) is 19.1 Å². The molecule has 107 heavy (non-hydrogen) atoms. The molecule has 6 heterocycles. The molecular formula is C95H88N8O2Pt2-6. The maximum atomic E-state index is 6.74. The molecule has 4 aromatic heterocycles. The normalized spacial score (nSPS) is 13.2.